The Labute approximate surface area is 177 Å². The van der Waals surface area contributed by atoms with Crippen molar-refractivity contribution in [3.05, 3.63) is 77.8 Å². The smallest absolute Gasteiger partial charge is 0.260 e. The quantitative estimate of drug-likeness (QED) is 0.429. The number of likely N-dealkylation sites (N-methyl/N-ethyl adjacent to an activating group) is 1. The summed E-state index contributed by atoms with van der Waals surface area (Å²) >= 11 is 5.92. The minimum atomic E-state index is -0.166. The van der Waals surface area contributed by atoms with Crippen molar-refractivity contribution in [3.8, 4) is 28.5 Å². The third-order valence-corrected chi connectivity index (χ3v) is 4.68. The van der Waals surface area contributed by atoms with Crippen LogP contribution in [0.5, 0.6) is 5.75 Å². The molecule has 2 aromatic carbocycles. The van der Waals surface area contributed by atoms with Crippen LogP contribution in [0.2, 0.25) is 5.02 Å². The number of nitrogens with zero attached hydrogens (tertiary/aromatic N) is 3. The Morgan fingerprint density at radius 2 is 1.77 bits per heavy atom. The zero-order valence-electron chi connectivity index (χ0n) is 16.1. The first-order valence-electron chi connectivity index (χ1n) is 9.16. The van der Waals surface area contributed by atoms with Crippen molar-refractivity contribution in [2.75, 3.05) is 13.7 Å². The summed E-state index contributed by atoms with van der Waals surface area (Å²) in [5.74, 6) is 2.23. The third kappa shape index (κ3) is 4.69. The van der Waals surface area contributed by atoms with Gasteiger partial charge in [0.2, 0.25) is 12.3 Å². The predicted molar refractivity (Wildman–Crippen MR) is 111 cm³/mol. The second-order valence-corrected chi connectivity index (χ2v) is 7.02. The molecule has 0 radical (unpaired) electrons. The molecule has 0 atom stereocenters. The molecule has 1 amide bonds. The Bertz CT molecular complexity index is 1110. The summed E-state index contributed by atoms with van der Waals surface area (Å²) in [6, 6.07) is 18.2. The van der Waals surface area contributed by atoms with E-state index >= 15 is 0 Å². The summed E-state index contributed by atoms with van der Waals surface area (Å²) in [6.07, 6.45) is 1.27. The summed E-state index contributed by atoms with van der Waals surface area (Å²) in [7, 11) is 1.70. The van der Waals surface area contributed by atoms with E-state index in [1.165, 1.54) is 6.39 Å². The van der Waals surface area contributed by atoms with Gasteiger partial charge in [0.15, 0.2) is 6.61 Å². The first-order valence-corrected chi connectivity index (χ1v) is 9.54. The van der Waals surface area contributed by atoms with Gasteiger partial charge in [0.1, 0.15) is 17.3 Å². The molecule has 2 aromatic heterocycles. The Hall–Kier alpha value is -3.58. The molecule has 0 fully saturated rings. The van der Waals surface area contributed by atoms with E-state index in [2.05, 4.69) is 10.2 Å². The number of carbonyl (C=O) groups excluding carboxylic acids is 1. The lowest BCUT2D eigenvalue weighted by Gasteiger charge is -2.16. The molecular formula is C22H18ClN3O4. The highest BCUT2D eigenvalue weighted by Gasteiger charge is 2.13. The van der Waals surface area contributed by atoms with Gasteiger partial charge in [0, 0.05) is 23.2 Å². The molecule has 8 heteroatoms. The molecule has 0 N–H and O–H groups in total. The van der Waals surface area contributed by atoms with Crippen LogP contribution in [0.1, 0.15) is 5.76 Å². The molecule has 7 nitrogen and oxygen atoms in total. The normalized spacial score (nSPS) is 10.7. The van der Waals surface area contributed by atoms with Crippen LogP contribution in [0.4, 0.5) is 0 Å². The molecule has 152 valence electrons. The highest BCUT2D eigenvalue weighted by atomic mass is 35.5. The van der Waals surface area contributed by atoms with Gasteiger partial charge < -0.3 is 18.5 Å². The van der Waals surface area contributed by atoms with E-state index in [0.717, 1.165) is 16.9 Å². The van der Waals surface area contributed by atoms with E-state index in [1.807, 2.05) is 24.3 Å². The van der Waals surface area contributed by atoms with Crippen molar-refractivity contribution in [2.24, 2.45) is 0 Å². The minimum Gasteiger partial charge on any atom is -0.484 e. The van der Waals surface area contributed by atoms with Crippen molar-refractivity contribution in [1.82, 2.24) is 15.1 Å². The third-order valence-electron chi connectivity index (χ3n) is 4.43. The van der Waals surface area contributed by atoms with Gasteiger partial charge in [-0.25, -0.2) is 0 Å². The van der Waals surface area contributed by atoms with Crippen LogP contribution in [0.15, 0.2) is 75.9 Å². The van der Waals surface area contributed by atoms with Crippen LogP contribution in [-0.2, 0) is 11.3 Å². The lowest BCUT2D eigenvalue weighted by atomic mass is 10.2. The average molecular weight is 424 g/mol. The van der Waals surface area contributed by atoms with Crippen LogP contribution in [0, 0.1) is 0 Å². The molecule has 4 rings (SSSR count). The van der Waals surface area contributed by atoms with Gasteiger partial charge >= 0.3 is 0 Å². The molecule has 0 aliphatic heterocycles. The molecule has 0 bridgehead atoms. The number of halogens is 1. The maximum Gasteiger partial charge on any atom is 0.260 e. The highest BCUT2D eigenvalue weighted by molar-refractivity contribution is 6.30. The first-order chi connectivity index (χ1) is 14.6. The van der Waals surface area contributed by atoms with E-state index in [1.54, 1.807) is 48.3 Å². The van der Waals surface area contributed by atoms with Crippen LogP contribution in [-0.4, -0.2) is 34.7 Å². The van der Waals surface area contributed by atoms with Crippen molar-refractivity contribution in [2.45, 2.75) is 6.54 Å². The molecule has 0 spiro atoms. The Kier molecular flexibility index (Phi) is 5.81. The fourth-order valence-electron chi connectivity index (χ4n) is 2.80. The summed E-state index contributed by atoms with van der Waals surface area (Å²) < 4.78 is 16.6. The number of hydrogen-bond donors (Lipinski definition) is 0. The van der Waals surface area contributed by atoms with Gasteiger partial charge in [0.05, 0.1) is 6.54 Å². The fourth-order valence-corrected chi connectivity index (χ4v) is 2.93. The van der Waals surface area contributed by atoms with Crippen LogP contribution in [0.3, 0.4) is 0 Å². The topological polar surface area (TPSA) is 81.6 Å². The van der Waals surface area contributed by atoms with Gasteiger partial charge in [0.25, 0.3) is 5.91 Å². The van der Waals surface area contributed by atoms with Crippen LogP contribution < -0.4 is 4.74 Å². The lowest BCUT2D eigenvalue weighted by molar-refractivity contribution is -0.132. The maximum absolute atomic E-state index is 12.4. The average Bonchev–Trinajstić information content (AvgIpc) is 3.45. The molecule has 0 aliphatic rings. The minimum absolute atomic E-state index is 0.0822. The van der Waals surface area contributed by atoms with Gasteiger partial charge in [-0.2, -0.15) is 0 Å². The van der Waals surface area contributed by atoms with Crippen molar-refractivity contribution < 1.29 is 18.4 Å². The second-order valence-electron chi connectivity index (χ2n) is 6.58. The lowest BCUT2D eigenvalue weighted by Crippen LogP contribution is -2.30. The number of aromatic nitrogens is 2. The summed E-state index contributed by atoms with van der Waals surface area (Å²) in [4.78, 5) is 14.0. The number of ether oxygens (including phenoxy) is 1. The number of benzene rings is 2. The van der Waals surface area contributed by atoms with Gasteiger partial charge in [-0.3, -0.25) is 4.79 Å². The molecule has 2 heterocycles. The maximum atomic E-state index is 12.4. The highest BCUT2D eigenvalue weighted by Crippen LogP contribution is 2.24. The second kappa shape index (κ2) is 8.84. The van der Waals surface area contributed by atoms with Crippen molar-refractivity contribution in [1.29, 1.82) is 0 Å². The standard InChI is InChI=1S/C22H18ClN3O4/c1-26(12-19-10-11-20(30-19)15-2-6-17(23)7-3-15)21(27)13-28-18-8-4-16(5-9-18)22-25-24-14-29-22/h2-11,14H,12-13H2,1H3. The number of furan rings is 1. The molecule has 0 unspecified atom stereocenters. The largest absolute Gasteiger partial charge is 0.484 e. The molecule has 0 saturated carbocycles. The number of carbonyl (C=O) groups is 1. The molecule has 30 heavy (non-hydrogen) atoms. The van der Waals surface area contributed by atoms with Crippen molar-refractivity contribution in [3.63, 3.8) is 0 Å². The van der Waals surface area contributed by atoms with E-state index in [9.17, 15) is 4.79 Å². The zero-order valence-corrected chi connectivity index (χ0v) is 16.9. The Morgan fingerprint density at radius 3 is 2.47 bits per heavy atom. The number of rotatable bonds is 7. The Morgan fingerprint density at radius 1 is 1.03 bits per heavy atom. The number of hydrogen-bond acceptors (Lipinski definition) is 6. The van der Waals surface area contributed by atoms with Crippen molar-refractivity contribution >= 4 is 17.5 Å². The first kappa shape index (κ1) is 19.7. The molecule has 0 aliphatic carbocycles. The van der Waals surface area contributed by atoms with Crippen LogP contribution >= 0.6 is 11.6 Å². The summed E-state index contributed by atoms with van der Waals surface area (Å²) in [6.45, 7) is 0.257. The summed E-state index contributed by atoms with van der Waals surface area (Å²) in [5.41, 5.74) is 1.70. The number of amides is 1. The van der Waals surface area contributed by atoms with E-state index < -0.39 is 0 Å². The SMILES string of the molecule is CN(Cc1ccc(-c2ccc(Cl)cc2)o1)C(=O)COc1ccc(-c2nnco2)cc1. The fraction of sp³-hybridized carbons (Fsp3) is 0.136. The predicted octanol–water partition coefficient (Wildman–Crippen LogP) is 4.69. The van der Waals surface area contributed by atoms with Crippen LogP contribution in [0.25, 0.3) is 22.8 Å². The molecule has 4 aromatic rings. The molecule has 0 saturated heterocycles. The van der Waals surface area contributed by atoms with Gasteiger partial charge in [-0.1, -0.05) is 11.6 Å². The van der Waals surface area contributed by atoms with E-state index in [-0.39, 0.29) is 12.5 Å². The summed E-state index contributed by atoms with van der Waals surface area (Å²) in [5, 5.41) is 8.16. The monoisotopic (exact) mass is 423 g/mol. The van der Waals surface area contributed by atoms with E-state index in [4.69, 9.17) is 25.2 Å². The van der Waals surface area contributed by atoms with E-state index in [0.29, 0.717) is 29.0 Å². The Balaban J connectivity index is 1.30. The zero-order chi connectivity index (χ0) is 20.9. The van der Waals surface area contributed by atoms with Gasteiger partial charge in [-0.05, 0) is 60.7 Å². The van der Waals surface area contributed by atoms with Gasteiger partial charge in [-0.15, -0.1) is 10.2 Å². The molecular weight excluding hydrogens is 406 g/mol.